The Labute approximate surface area is 431 Å². The van der Waals surface area contributed by atoms with E-state index in [1.54, 1.807) is 19.0 Å². The molecule has 0 aliphatic heterocycles. The highest BCUT2D eigenvalue weighted by Gasteiger charge is 2.10. The maximum Gasteiger partial charge on any atom is 0.302 e. The van der Waals surface area contributed by atoms with Gasteiger partial charge in [0.15, 0.2) is 55.0 Å². The molecule has 72 heavy (non-hydrogen) atoms. The van der Waals surface area contributed by atoms with Crippen LogP contribution >= 0.6 is 46.4 Å². The third-order valence-electron chi connectivity index (χ3n) is 8.79. The molecule has 8 aromatic rings. The molecule has 0 unspecified atom stereocenters. The van der Waals surface area contributed by atoms with Crippen LogP contribution < -0.4 is 34.0 Å². The van der Waals surface area contributed by atoms with Crippen molar-refractivity contribution in [1.29, 1.82) is 0 Å². The molecule has 0 amide bonds. The van der Waals surface area contributed by atoms with E-state index in [0.29, 0.717) is 127 Å². The average molecular weight is 1080 g/mol. The van der Waals surface area contributed by atoms with Crippen LogP contribution in [0.2, 0.25) is 20.6 Å². The topological polar surface area (TPSA) is 432 Å². The van der Waals surface area contributed by atoms with Crippen molar-refractivity contribution >= 4 is 115 Å². The van der Waals surface area contributed by atoms with E-state index in [0.717, 1.165) is 6.42 Å². The van der Waals surface area contributed by atoms with Crippen molar-refractivity contribution in [2.24, 2.45) is 5.73 Å². The number of hydrogen-bond acceptors (Lipinski definition) is 25. The summed E-state index contributed by atoms with van der Waals surface area (Å²) >= 11 is 22.4. The summed E-state index contributed by atoms with van der Waals surface area (Å²) in [5, 5.41) is 37.8. The molecular formula is C40H56Cl4N22O6. The van der Waals surface area contributed by atoms with E-state index in [1.807, 2.05) is 13.7 Å². The third-order valence-corrected chi connectivity index (χ3v) is 9.97. The summed E-state index contributed by atoms with van der Waals surface area (Å²) in [7, 11) is 0. The lowest BCUT2D eigenvalue weighted by Crippen LogP contribution is -2.08. The lowest BCUT2D eigenvalue weighted by Gasteiger charge is -2.06. The SMILES string of the molecule is CC(=O)OCCCn1cnc2c(N)ncnc21.NCCCO.Nc1c(Cl)ncnc1Cl.Nc1c(Cl)ncnc1NCCCO.Nc1ncnc2c1ncn2CCCO.OCCCn1cnc2c(Cl)ncnc21. The van der Waals surface area contributed by atoms with Crippen LogP contribution in [0.5, 0.6) is 0 Å². The monoisotopic (exact) mass is 1080 g/mol. The van der Waals surface area contributed by atoms with Crippen LogP contribution in [0.25, 0.3) is 33.5 Å². The number of carbonyl (C=O) groups excluding carboxylic acids is 1. The van der Waals surface area contributed by atoms with Gasteiger partial charge in [-0.2, -0.15) is 0 Å². The molecule has 15 N–H and O–H groups in total. The lowest BCUT2D eigenvalue weighted by atomic mass is 10.4. The van der Waals surface area contributed by atoms with Crippen molar-refractivity contribution < 1.29 is 30.0 Å². The Morgan fingerprint density at radius 3 is 1.38 bits per heavy atom. The molecule has 0 atom stereocenters. The van der Waals surface area contributed by atoms with Gasteiger partial charge in [-0.05, 0) is 38.6 Å². The fraction of sp³-hybridized carbons (Fsp3) is 0.400. The van der Waals surface area contributed by atoms with Crippen molar-refractivity contribution in [3.05, 3.63) is 71.2 Å². The highest BCUT2D eigenvalue weighted by molar-refractivity contribution is 6.37. The van der Waals surface area contributed by atoms with E-state index in [4.69, 9.17) is 100 Å². The number of imidazole rings is 3. The molecule has 8 rings (SSSR count). The molecule has 0 bridgehead atoms. The van der Waals surface area contributed by atoms with Gasteiger partial charge in [0.25, 0.3) is 0 Å². The second-order valence-electron chi connectivity index (χ2n) is 14.0. The van der Waals surface area contributed by atoms with Crippen LogP contribution in [-0.2, 0) is 29.2 Å². The number of halogens is 4. The first-order valence-corrected chi connectivity index (χ1v) is 23.1. The number of nitrogens with one attached hydrogen (secondary N) is 1. The van der Waals surface area contributed by atoms with E-state index in [1.165, 1.54) is 38.6 Å². The van der Waals surface area contributed by atoms with E-state index in [9.17, 15) is 4.79 Å². The predicted molar refractivity (Wildman–Crippen MR) is 273 cm³/mol. The number of aliphatic hydroxyl groups is 4. The smallest absolute Gasteiger partial charge is 0.302 e. The molecule has 390 valence electrons. The number of carbonyl (C=O) groups is 1. The van der Waals surface area contributed by atoms with Gasteiger partial charge in [-0.3, -0.25) is 4.79 Å². The van der Waals surface area contributed by atoms with Crippen molar-refractivity contribution in [2.45, 2.75) is 58.7 Å². The minimum Gasteiger partial charge on any atom is -0.466 e. The molecule has 0 fully saturated rings. The average Bonchev–Trinajstić information content (AvgIpc) is 4.12. The van der Waals surface area contributed by atoms with Crippen molar-refractivity contribution in [2.75, 3.05) is 74.4 Å². The first-order chi connectivity index (χ1) is 34.7. The fourth-order valence-electron chi connectivity index (χ4n) is 5.32. The molecule has 32 heteroatoms. The highest BCUT2D eigenvalue weighted by Crippen LogP contribution is 2.22. The van der Waals surface area contributed by atoms with Gasteiger partial charge < -0.3 is 72.8 Å². The zero-order valence-corrected chi connectivity index (χ0v) is 41.9. The second-order valence-corrected chi connectivity index (χ2v) is 15.5. The summed E-state index contributed by atoms with van der Waals surface area (Å²) in [5.41, 5.74) is 31.6. The van der Waals surface area contributed by atoms with Crippen LogP contribution in [-0.4, -0.2) is 151 Å². The summed E-state index contributed by atoms with van der Waals surface area (Å²) in [4.78, 5) is 61.5. The Morgan fingerprint density at radius 1 is 0.528 bits per heavy atom. The summed E-state index contributed by atoms with van der Waals surface area (Å²) < 4.78 is 10.4. The van der Waals surface area contributed by atoms with Crippen molar-refractivity contribution in [3.63, 3.8) is 0 Å². The first kappa shape index (κ1) is 59.5. The van der Waals surface area contributed by atoms with Gasteiger partial charge in [-0.15, -0.1) is 0 Å². The number of aryl methyl sites for hydroxylation is 3. The number of nitrogen functional groups attached to an aromatic ring is 4. The van der Waals surface area contributed by atoms with E-state index in [2.05, 4.69) is 70.1 Å². The van der Waals surface area contributed by atoms with Gasteiger partial charge in [0.1, 0.15) is 59.6 Å². The second kappa shape index (κ2) is 33.0. The Bertz CT molecular complexity index is 2730. The molecular weight excluding hydrogens is 1030 g/mol. The summed E-state index contributed by atoms with van der Waals surface area (Å²) in [6.45, 7) is 5.66. The molecule has 0 saturated carbocycles. The molecule has 0 aromatic carbocycles. The Kier molecular flexibility index (Phi) is 27.3. The summed E-state index contributed by atoms with van der Waals surface area (Å²) in [6.07, 6.45) is 15.2. The number of esters is 1. The van der Waals surface area contributed by atoms with Crippen LogP contribution in [0.3, 0.4) is 0 Å². The minimum absolute atomic E-state index is 0.131. The van der Waals surface area contributed by atoms with Gasteiger partial charge >= 0.3 is 5.97 Å². The number of nitrogens with two attached hydrogens (primary N) is 5. The van der Waals surface area contributed by atoms with Gasteiger partial charge in [0.2, 0.25) is 0 Å². The van der Waals surface area contributed by atoms with Gasteiger partial charge in [0.05, 0.1) is 25.6 Å². The Morgan fingerprint density at radius 2 is 0.931 bits per heavy atom. The largest absolute Gasteiger partial charge is 0.466 e. The molecule has 28 nitrogen and oxygen atoms in total. The van der Waals surface area contributed by atoms with E-state index >= 15 is 0 Å². The predicted octanol–water partition coefficient (Wildman–Crippen LogP) is 2.21. The number of nitrogens with zero attached hydrogens (tertiary/aromatic N) is 16. The standard InChI is InChI=1S/C10H13N5O2.C8H9ClN4O.C8H11N5O.C7H11ClN4O.C4H3Cl2N3.C3H9NO/c1-7(16)17-4-2-3-15-6-14-8-9(11)12-5-13-10(8)15;2*9-7-6-8(11-4-10-7)13(5-12-6)2-1-3-14;8-6-5(9)7(12-4-11-6)10-2-1-3-13;5-3-2(7)4(6)9-1-8-3;4-2-1-3-5/h5-6H,2-4H2,1H3,(H2,11,12,13);4-5,14H,1-3H2;4-5,14H,1-3H2,(H2,9,10,11);4,13H,1-3,9H2,(H,10,11,12);1H,7H2;5H,1-4H2. The zero-order chi connectivity index (χ0) is 52.8. The van der Waals surface area contributed by atoms with Gasteiger partial charge in [-0.25, -0.2) is 64.8 Å². The maximum absolute atomic E-state index is 10.6. The summed E-state index contributed by atoms with van der Waals surface area (Å²) in [6, 6.07) is 0. The van der Waals surface area contributed by atoms with Crippen LogP contribution in [0, 0.1) is 0 Å². The van der Waals surface area contributed by atoms with Crippen LogP contribution in [0.1, 0.15) is 39.0 Å². The number of ether oxygens (including phenoxy) is 1. The summed E-state index contributed by atoms with van der Waals surface area (Å²) in [5.74, 6) is 0.993. The molecule has 0 saturated heterocycles. The fourth-order valence-corrected chi connectivity index (χ4v) is 5.94. The van der Waals surface area contributed by atoms with Crippen molar-refractivity contribution in [1.82, 2.24) is 78.5 Å². The van der Waals surface area contributed by atoms with E-state index in [-0.39, 0.29) is 53.5 Å². The quantitative estimate of drug-likeness (QED) is 0.0377. The van der Waals surface area contributed by atoms with Crippen molar-refractivity contribution in [3.8, 4) is 0 Å². The Balaban J connectivity index is 0.000000234. The maximum atomic E-state index is 10.6. The first-order valence-electron chi connectivity index (χ1n) is 21.5. The normalized spacial score (nSPS) is 10.4. The molecule has 8 heterocycles. The molecule has 0 aliphatic rings. The molecule has 8 aromatic heterocycles. The zero-order valence-electron chi connectivity index (χ0n) is 38.9. The highest BCUT2D eigenvalue weighted by atomic mass is 35.5. The van der Waals surface area contributed by atoms with Crippen LogP contribution in [0.15, 0.2) is 50.6 Å². The van der Waals surface area contributed by atoms with Crippen LogP contribution in [0.4, 0.5) is 28.8 Å². The van der Waals surface area contributed by atoms with E-state index < -0.39 is 0 Å². The third kappa shape index (κ3) is 19.4. The minimum atomic E-state index is -0.271. The number of anilines is 5. The number of aromatic nitrogens is 16. The van der Waals surface area contributed by atoms with Gasteiger partial charge in [0, 0.05) is 59.5 Å². The molecule has 0 aliphatic carbocycles. The Hall–Kier alpha value is -6.76. The molecule has 0 radical (unpaired) electrons. The molecule has 0 spiro atoms. The number of rotatable bonds is 16. The number of fused-ring (bicyclic) bond motifs is 3. The number of hydrogen-bond donors (Lipinski definition) is 10. The lowest BCUT2D eigenvalue weighted by molar-refractivity contribution is -0.141. The number of aliphatic hydroxyl groups excluding tert-OH is 4. The van der Waals surface area contributed by atoms with Gasteiger partial charge in [-0.1, -0.05) is 46.4 Å².